The average Bonchev–Trinajstić information content (AvgIpc) is 3.29. The molecule has 0 spiro atoms. The van der Waals surface area contributed by atoms with Crippen LogP contribution in [0, 0.1) is 0 Å². The third-order valence-corrected chi connectivity index (χ3v) is 10.7. The van der Waals surface area contributed by atoms with Crippen LogP contribution in [0.4, 0.5) is 0 Å². The number of rotatable bonds is 7. The molecular formula is C54H36N2. The lowest BCUT2D eigenvalue weighted by Gasteiger charge is -2.14. The summed E-state index contributed by atoms with van der Waals surface area (Å²) in [6.45, 7) is 0. The first-order valence-electron chi connectivity index (χ1n) is 19.1. The Hall–Kier alpha value is -7.42. The predicted octanol–water partition coefficient (Wildman–Crippen LogP) is 14.5. The molecule has 0 bridgehead atoms. The van der Waals surface area contributed by atoms with E-state index >= 15 is 0 Å². The lowest BCUT2D eigenvalue weighted by atomic mass is 9.92. The van der Waals surface area contributed by atoms with Gasteiger partial charge >= 0.3 is 0 Å². The second kappa shape index (κ2) is 14.4. The molecule has 2 aromatic heterocycles. The fourth-order valence-corrected chi connectivity index (χ4v) is 7.78. The monoisotopic (exact) mass is 712 g/mol. The first-order chi connectivity index (χ1) is 27.7. The van der Waals surface area contributed by atoms with Gasteiger partial charge in [-0.3, -0.25) is 0 Å². The molecule has 0 atom stereocenters. The molecule has 2 nitrogen and oxygen atoms in total. The second-order valence-electron chi connectivity index (χ2n) is 14.2. The molecule has 0 amide bonds. The second-order valence-corrected chi connectivity index (χ2v) is 14.2. The van der Waals surface area contributed by atoms with Gasteiger partial charge in [-0.05, 0) is 91.7 Å². The van der Waals surface area contributed by atoms with E-state index in [1.165, 1.54) is 33.0 Å². The molecule has 0 N–H and O–H groups in total. The Bertz CT molecular complexity index is 2970. The van der Waals surface area contributed by atoms with Crippen molar-refractivity contribution in [1.82, 2.24) is 9.97 Å². The molecule has 0 unspecified atom stereocenters. The highest BCUT2D eigenvalue weighted by atomic mass is 14.7. The van der Waals surface area contributed by atoms with Crippen LogP contribution in [0.5, 0.6) is 0 Å². The number of aromatic nitrogens is 2. The van der Waals surface area contributed by atoms with E-state index < -0.39 is 0 Å². The van der Waals surface area contributed by atoms with Gasteiger partial charge in [0, 0.05) is 22.1 Å². The standard InChI is InChI=1S/C54H36N2/c1-5-14-37(15-6-1)38-24-27-43(28-25-38)52-35-47(34-51(56-52)41-18-9-3-10-19-41)45-23-13-22-44(32-45)46-29-26-40-30-31-50-54(48(40)33-46)49(39-16-7-2-8-17-39)36-53(55-50)42-20-11-4-12-21-42/h1-36H. The molecule has 0 fully saturated rings. The SMILES string of the molecule is c1ccc(-c2ccc(-c3cc(-c4cccc(-c5ccc6ccc7nc(-c8ccccc8)cc(-c8ccccc8)c7c6c5)c4)cc(-c4ccccc4)n3)cc2)cc1. The summed E-state index contributed by atoms with van der Waals surface area (Å²) in [5.74, 6) is 0. The summed E-state index contributed by atoms with van der Waals surface area (Å²) in [5.41, 5.74) is 16.5. The van der Waals surface area contributed by atoms with Gasteiger partial charge in [0.2, 0.25) is 0 Å². The van der Waals surface area contributed by atoms with Gasteiger partial charge in [0.25, 0.3) is 0 Å². The van der Waals surface area contributed by atoms with Crippen molar-refractivity contribution in [1.29, 1.82) is 0 Å². The van der Waals surface area contributed by atoms with Gasteiger partial charge < -0.3 is 0 Å². The lowest BCUT2D eigenvalue weighted by molar-refractivity contribution is 1.32. The largest absolute Gasteiger partial charge is 0.248 e. The van der Waals surface area contributed by atoms with Crippen LogP contribution in [0.25, 0.3) is 100.0 Å². The molecule has 262 valence electrons. The molecule has 0 aliphatic heterocycles. The van der Waals surface area contributed by atoms with E-state index in [9.17, 15) is 0 Å². The molecule has 0 saturated carbocycles. The van der Waals surface area contributed by atoms with Crippen LogP contribution in [0.2, 0.25) is 0 Å². The van der Waals surface area contributed by atoms with Gasteiger partial charge in [-0.1, -0.05) is 182 Å². The molecule has 0 saturated heterocycles. The normalized spacial score (nSPS) is 11.2. The molecule has 0 radical (unpaired) electrons. The highest BCUT2D eigenvalue weighted by molar-refractivity contribution is 6.14. The van der Waals surface area contributed by atoms with Crippen LogP contribution in [0.1, 0.15) is 0 Å². The molecule has 56 heavy (non-hydrogen) atoms. The summed E-state index contributed by atoms with van der Waals surface area (Å²) in [7, 11) is 0. The fourth-order valence-electron chi connectivity index (χ4n) is 7.78. The van der Waals surface area contributed by atoms with E-state index in [0.29, 0.717) is 0 Å². The first kappa shape index (κ1) is 33.2. The summed E-state index contributed by atoms with van der Waals surface area (Å²) in [6.07, 6.45) is 0. The minimum atomic E-state index is 0.944. The smallest absolute Gasteiger partial charge is 0.0722 e. The Labute approximate surface area is 327 Å². The Morgan fingerprint density at radius 3 is 1.30 bits per heavy atom. The van der Waals surface area contributed by atoms with Crippen molar-refractivity contribution in [3.8, 4) is 78.3 Å². The van der Waals surface area contributed by atoms with Crippen molar-refractivity contribution in [2.45, 2.75) is 0 Å². The van der Waals surface area contributed by atoms with Gasteiger partial charge in [0.05, 0.1) is 22.6 Å². The summed E-state index contributed by atoms with van der Waals surface area (Å²) in [6, 6.07) is 77.6. The number of fused-ring (bicyclic) bond motifs is 3. The molecule has 0 aliphatic rings. The van der Waals surface area contributed by atoms with E-state index in [1.54, 1.807) is 0 Å². The van der Waals surface area contributed by atoms with Gasteiger partial charge in [-0.15, -0.1) is 0 Å². The van der Waals surface area contributed by atoms with Crippen molar-refractivity contribution in [2.24, 2.45) is 0 Å². The Morgan fingerprint density at radius 1 is 0.250 bits per heavy atom. The van der Waals surface area contributed by atoms with E-state index in [1.807, 2.05) is 12.1 Å². The quantitative estimate of drug-likeness (QED) is 0.154. The number of nitrogens with zero attached hydrogens (tertiary/aromatic N) is 2. The minimum Gasteiger partial charge on any atom is -0.248 e. The van der Waals surface area contributed by atoms with Crippen LogP contribution in [-0.2, 0) is 0 Å². The highest BCUT2D eigenvalue weighted by Gasteiger charge is 2.15. The summed E-state index contributed by atoms with van der Waals surface area (Å²) in [4.78, 5) is 10.4. The van der Waals surface area contributed by atoms with Gasteiger partial charge in [-0.25, -0.2) is 9.97 Å². The predicted molar refractivity (Wildman–Crippen MR) is 235 cm³/mol. The zero-order valence-corrected chi connectivity index (χ0v) is 30.7. The fraction of sp³-hybridized carbons (Fsp3) is 0. The molecule has 10 rings (SSSR count). The van der Waals surface area contributed by atoms with E-state index in [2.05, 4.69) is 206 Å². The van der Waals surface area contributed by atoms with Gasteiger partial charge in [-0.2, -0.15) is 0 Å². The molecule has 2 heterocycles. The number of benzene rings is 8. The van der Waals surface area contributed by atoms with E-state index in [4.69, 9.17) is 9.97 Å². The molecule has 8 aromatic carbocycles. The molecule has 0 aliphatic carbocycles. The maximum Gasteiger partial charge on any atom is 0.0722 e. The molecule has 10 aromatic rings. The third-order valence-electron chi connectivity index (χ3n) is 10.7. The van der Waals surface area contributed by atoms with Crippen LogP contribution in [0.3, 0.4) is 0 Å². The summed E-state index contributed by atoms with van der Waals surface area (Å²) in [5, 5.41) is 3.54. The first-order valence-corrected chi connectivity index (χ1v) is 19.1. The summed E-state index contributed by atoms with van der Waals surface area (Å²) < 4.78 is 0. The van der Waals surface area contributed by atoms with Crippen molar-refractivity contribution in [2.75, 3.05) is 0 Å². The maximum atomic E-state index is 5.22. The summed E-state index contributed by atoms with van der Waals surface area (Å²) >= 11 is 0. The van der Waals surface area contributed by atoms with Gasteiger partial charge in [0.1, 0.15) is 0 Å². The molecular weight excluding hydrogens is 677 g/mol. The van der Waals surface area contributed by atoms with Gasteiger partial charge in [0.15, 0.2) is 0 Å². The Balaban J connectivity index is 1.09. The van der Waals surface area contributed by atoms with E-state index in [0.717, 1.165) is 66.9 Å². The third kappa shape index (κ3) is 6.44. The maximum absolute atomic E-state index is 5.22. The average molecular weight is 713 g/mol. The number of hydrogen-bond acceptors (Lipinski definition) is 2. The van der Waals surface area contributed by atoms with Crippen molar-refractivity contribution in [3.63, 3.8) is 0 Å². The van der Waals surface area contributed by atoms with Crippen molar-refractivity contribution >= 4 is 21.7 Å². The van der Waals surface area contributed by atoms with Crippen LogP contribution in [-0.4, -0.2) is 9.97 Å². The lowest BCUT2D eigenvalue weighted by Crippen LogP contribution is -1.92. The Kier molecular flexibility index (Phi) is 8.55. The van der Waals surface area contributed by atoms with E-state index in [-0.39, 0.29) is 0 Å². The van der Waals surface area contributed by atoms with Crippen molar-refractivity contribution < 1.29 is 0 Å². The number of hydrogen-bond donors (Lipinski definition) is 0. The van der Waals surface area contributed by atoms with Crippen LogP contribution in [0.15, 0.2) is 218 Å². The highest BCUT2D eigenvalue weighted by Crippen LogP contribution is 2.39. The minimum absolute atomic E-state index is 0.944. The molecule has 2 heteroatoms. The topological polar surface area (TPSA) is 25.8 Å². The Morgan fingerprint density at radius 2 is 0.679 bits per heavy atom. The van der Waals surface area contributed by atoms with Crippen LogP contribution < -0.4 is 0 Å². The zero-order valence-electron chi connectivity index (χ0n) is 30.7. The number of pyridine rings is 2. The van der Waals surface area contributed by atoms with Crippen molar-refractivity contribution in [3.05, 3.63) is 218 Å². The van der Waals surface area contributed by atoms with Crippen LogP contribution >= 0.6 is 0 Å². The zero-order chi connectivity index (χ0) is 37.3.